The number of benzene rings is 2. The SMILES string of the molecule is CCOC(=O)[C@@H]1C(=O)N(CCOC)c2nc3ccccc3n2[C@H]1c1ccc(OCC)cc1. The Bertz CT molecular complexity index is 1110. The summed E-state index contributed by atoms with van der Waals surface area (Å²) in [6.45, 7) is 5.00. The van der Waals surface area contributed by atoms with Crippen LogP contribution in [0.5, 0.6) is 5.75 Å². The maximum Gasteiger partial charge on any atom is 0.321 e. The molecule has 0 aliphatic carbocycles. The fourth-order valence-corrected chi connectivity index (χ4v) is 4.17. The average molecular weight is 437 g/mol. The first-order valence-electron chi connectivity index (χ1n) is 10.8. The van der Waals surface area contributed by atoms with Gasteiger partial charge in [-0.15, -0.1) is 0 Å². The van der Waals surface area contributed by atoms with E-state index in [1.54, 1.807) is 14.0 Å². The zero-order valence-electron chi connectivity index (χ0n) is 18.5. The van der Waals surface area contributed by atoms with Crippen LogP contribution in [0, 0.1) is 5.92 Å². The molecule has 0 radical (unpaired) electrons. The summed E-state index contributed by atoms with van der Waals surface area (Å²) in [5.41, 5.74) is 2.39. The number of carbonyl (C=O) groups excluding carboxylic acids is 2. The number of fused-ring (bicyclic) bond motifs is 3. The van der Waals surface area contributed by atoms with Crippen molar-refractivity contribution in [2.24, 2.45) is 5.92 Å². The lowest BCUT2D eigenvalue weighted by Gasteiger charge is -2.37. The van der Waals surface area contributed by atoms with Crippen molar-refractivity contribution in [3.05, 3.63) is 54.1 Å². The van der Waals surface area contributed by atoms with E-state index in [9.17, 15) is 9.59 Å². The summed E-state index contributed by atoms with van der Waals surface area (Å²) < 4.78 is 18.1. The molecular formula is C24H27N3O5. The molecular weight excluding hydrogens is 410 g/mol. The van der Waals surface area contributed by atoms with Crippen LogP contribution < -0.4 is 9.64 Å². The van der Waals surface area contributed by atoms with E-state index in [-0.39, 0.29) is 19.1 Å². The first kappa shape index (κ1) is 21.8. The standard InChI is InChI=1S/C24H27N3O5/c1-4-31-17-12-10-16(11-13-17)21-20(23(29)32-5-2)22(28)26(14-15-30-3)24-25-18-8-6-7-9-19(18)27(21)24/h6-13,20-21H,4-5,14-15H2,1-3H3/t20-,21-/m0/s1. The van der Waals surface area contributed by atoms with Gasteiger partial charge in [0.25, 0.3) is 0 Å². The van der Waals surface area contributed by atoms with Crippen molar-refractivity contribution in [2.45, 2.75) is 19.9 Å². The number of carbonyl (C=O) groups is 2. The molecule has 1 aromatic heterocycles. The number of ether oxygens (including phenoxy) is 3. The second kappa shape index (κ2) is 9.40. The highest BCUT2D eigenvalue weighted by molar-refractivity contribution is 6.08. The molecule has 0 saturated heterocycles. The van der Waals surface area contributed by atoms with Crippen molar-refractivity contribution >= 4 is 28.9 Å². The lowest BCUT2D eigenvalue weighted by atomic mass is 9.89. The molecule has 2 heterocycles. The zero-order valence-corrected chi connectivity index (χ0v) is 18.5. The summed E-state index contributed by atoms with van der Waals surface area (Å²) in [4.78, 5) is 33.0. The molecule has 8 heteroatoms. The third-order valence-corrected chi connectivity index (χ3v) is 5.54. The highest BCUT2D eigenvalue weighted by Gasteiger charge is 2.47. The number of hydrogen-bond donors (Lipinski definition) is 0. The van der Waals surface area contributed by atoms with Gasteiger partial charge in [-0.1, -0.05) is 24.3 Å². The topological polar surface area (TPSA) is 82.9 Å². The maximum absolute atomic E-state index is 13.6. The number of rotatable bonds is 8. The van der Waals surface area contributed by atoms with E-state index in [1.165, 1.54) is 4.90 Å². The number of anilines is 1. The molecule has 2 aromatic carbocycles. The fourth-order valence-electron chi connectivity index (χ4n) is 4.17. The summed E-state index contributed by atoms with van der Waals surface area (Å²) in [5.74, 6) is -0.726. The largest absolute Gasteiger partial charge is 0.494 e. The third kappa shape index (κ3) is 3.82. The maximum atomic E-state index is 13.6. The number of aromatic nitrogens is 2. The van der Waals surface area contributed by atoms with Gasteiger partial charge in [0.2, 0.25) is 11.9 Å². The van der Waals surface area contributed by atoms with Crippen molar-refractivity contribution in [3.8, 4) is 5.75 Å². The van der Waals surface area contributed by atoms with Gasteiger partial charge < -0.3 is 18.8 Å². The highest BCUT2D eigenvalue weighted by Crippen LogP contribution is 2.41. The molecule has 2 atom stereocenters. The molecule has 0 saturated carbocycles. The zero-order chi connectivity index (χ0) is 22.7. The lowest BCUT2D eigenvalue weighted by Crippen LogP contribution is -2.51. The Morgan fingerprint density at radius 2 is 1.81 bits per heavy atom. The van der Waals surface area contributed by atoms with E-state index in [0.29, 0.717) is 19.2 Å². The van der Waals surface area contributed by atoms with Crippen LogP contribution in [0.1, 0.15) is 25.5 Å². The van der Waals surface area contributed by atoms with Crippen molar-refractivity contribution < 1.29 is 23.8 Å². The Labute approximate surface area is 186 Å². The first-order chi connectivity index (χ1) is 15.6. The van der Waals surface area contributed by atoms with Crippen LogP contribution in [0.3, 0.4) is 0 Å². The summed E-state index contributed by atoms with van der Waals surface area (Å²) in [6, 6.07) is 14.5. The van der Waals surface area contributed by atoms with Crippen LogP contribution in [0.25, 0.3) is 11.0 Å². The Morgan fingerprint density at radius 3 is 2.50 bits per heavy atom. The van der Waals surface area contributed by atoms with Crippen molar-refractivity contribution in [2.75, 3.05) is 38.4 Å². The Balaban J connectivity index is 1.92. The summed E-state index contributed by atoms with van der Waals surface area (Å²) >= 11 is 0. The molecule has 0 fully saturated rings. The normalized spacial score (nSPS) is 18.0. The Kier molecular flexibility index (Phi) is 6.41. The van der Waals surface area contributed by atoms with E-state index < -0.39 is 17.9 Å². The minimum absolute atomic E-state index is 0.189. The minimum atomic E-state index is -1.05. The van der Waals surface area contributed by atoms with Gasteiger partial charge in [0.1, 0.15) is 5.75 Å². The average Bonchev–Trinajstić information content (AvgIpc) is 3.18. The number of amides is 1. The predicted molar refractivity (Wildman–Crippen MR) is 120 cm³/mol. The van der Waals surface area contributed by atoms with E-state index in [0.717, 1.165) is 22.3 Å². The molecule has 0 bridgehead atoms. The van der Waals surface area contributed by atoms with E-state index in [4.69, 9.17) is 19.2 Å². The van der Waals surface area contributed by atoms with Crippen LogP contribution in [0.2, 0.25) is 0 Å². The van der Waals surface area contributed by atoms with Crippen LogP contribution in [0.4, 0.5) is 5.95 Å². The van der Waals surface area contributed by atoms with Crippen molar-refractivity contribution in [3.63, 3.8) is 0 Å². The summed E-state index contributed by atoms with van der Waals surface area (Å²) in [7, 11) is 1.57. The van der Waals surface area contributed by atoms with Gasteiger partial charge in [-0.25, -0.2) is 4.98 Å². The van der Waals surface area contributed by atoms with E-state index >= 15 is 0 Å². The van der Waals surface area contributed by atoms with Crippen LogP contribution in [-0.2, 0) is 19.1 Å². The second-order valence-electron chi connectivity index (χ2n) is 7.43. The van der Waals surface area contributed by atoms with Gasteiger partial charge >= 0.3 is 5.97 Å². The number of nitrogens with zero attached hydrogens (tertiary/aromatic N) is 3. The Hall–Kier alpha value is -3.39. The predicted octanol–water partition coefficient (Wildman–Crippen LogP) is 3.20. The van der Waals surface area contributed by atoms with E-state index in [2.05, 4.69) is 0 Å². The molecule has 3 aromatic rings. The summed E-state index contributed by atoms with van der Waals surface area (Å²) in [6.07, 6.45) is 0. The number of para-hydroxylation sites is 2. The van der Waals surface area contributed by atoms with Gasteiger partial charge in [0.05, 0.1) is 43.4 Å². The number of imidazole rings is 1. The molecule has 168 valence electrons. The molecule has 0 N–H and O–H groups in total. The molecule has 0 spiro atoms. The fraction of sp³-hybridized carbons (Fsp3) is 0.375. The monoisotopic (exact) mass is 437 g/mol. The van der Waals surface area contributed by atoms with Gasteiger partial charge in [-0.3, -0.25) is 14.5 Å². The third-order valence-electron chi connectivity index (χ3n) is 5.54. The highest BCUT2D eigenvalue weighted by atomic mass is 16.5. The van der Waals surface area contributed by atoms with Crippen LogP contribution in [0.15, 0.2) is 48.5 Å². The molecule has 0 unspecified atom stereocenters. The van der Waals surface area contributed by atoms with Crippen LogP contribution >= 0.6 is 0 Å². The minimum Gasteiger partial charge on any atom is -0.494 e. The lowest BCUT2D eigenvalue weighted by molar-refractivity contribution is -0.153. The summed E-state index contributed by atoms with van der Waals surface area (Å²) in [5, 5.41) is 0. The molecule has 1 aliphatic heterocycles. The smallest absolute Gasteiger partial charge is 0.321 e. The molecule has 32 heavy (non-hydrogen) atoms. The van der Waals surface area contributed by atoms with Gasteiger partial charge in [0, 0.05) is 7.11 Å². The van der Waals surface area contributed by atoms with Crippen LogP contribution in [-0.4, -0.2) is 54.9 Å². The van der Waals surface area contributed by atoms with Crippen molar-refractivity contribution in [1.82, 2.24) is 9.55 Å². The van der Waals surface area contributed by atoms with Gasteiger partial charge in [-0.2, -0.15) is 0 Å². The molecule has 8 nitrogen and oxygen atoms in total. The van der Waals surface area contributed by atoms with E-state index in [1.807, 2.05) is 60.0 Å². The first-order valence-corrected chi connectivity index (χ1v) is 10.8. The number of hydrogen-bond acceptors (Lipinski definition) is 6. The molecule has 4 rings (SSSR count). The number of esters is 1. The quantitative estimate of drug-likeness (QED) is 0.398. The second-order valence-corrected chi connectivity index (χ2v) is 7.43. The van der Waals surface area contributed by atoms with Gasteiger partial charge in [0.15, 0.2) is 5.92 Å². The number of methoxy groups -OCH3 is 1. The molecule has 1 aliphatic rings. The van der Waals surface area contributed by atoms with Gasteiger partial charge in [-0.05, 0) is 43.7 Å². The Morgan fingerprint density at radius 1 is 1.06 bits per heavy atom. The van der Waals surface area contributed by atoms with Crippen molar-refractivity contribution in [1.29, 1.82) is 0 Å². The molecule has 1 amide bonds.